The Morgan fingerprint density at radius 2 is 1.70 bits per heavy atom. The van der Waals surface area contributed by atoms with Crippen molar-refractivity contribution in [1.82, 2.24) is 0 Å². The van der Waals surface area contributed by atoms with Gasteiger partial charge in [0.15, 0.2) is 0 Å². The SMILES string of the molecule is C=CC1=C(/C=C\C)C(c2ccccc2)(C2C=CC=CC=C2)C2=C1C(=C)/C=C\C(C)=C/CC=C2. The van der Waals surface area contributed by atoms with E-state index in [9.17, 15) is 0 Å². The Morgan fingerprint density at radius 1 is 0.970 bits per heavy atom. The van der Waals surface area contributed by atoms with Gasteiger partial charge in [0.05, 0.1) is 5.41 Å². The highest BCUT2D eigenvalue weighted by atomic mass is 14.5. The van der Waals surface area contributed by atoms with Crippen molar-refractivity contribution in [3.05, 3.63) is 168 Å². The molecule has 164 valence electrons. The number of benzene rings is 1. The van der Waals surface area contributed by atoms with E-state index in [4.69, 9.17) is 0 Å². The Hall–Kier alpha value is -3.64. The normalized spacial score (nSPS) is 25.9. The molecule has 0 saturated heterocycles. The Labute approximate surface area is 199 Å². The fourth-order valence-corrected chi connectivity index (χ4v) is 5.23. The second-order valence-electron chi connectivity index (χ2n) is 8.62. The van der Waals surface area contributed by atoms with Crippen LogP contribution >= 0.6 is 0 Å². The van der Waals surface area contributed by atoms with Gasteiger partial charge < -0.3 is 0 Å². The molecule has 1 aromatic rings. The van der Waals surface area contributed by atoms with E-state index >= 15 is 0 Å². The van der Waals surface area contributed by atoms with Crippen LogP contribution < -0.4 is 0 Å². The maximum Gasteiger partial charge on any atom is 0.0560 e. The van der Waals surface area contributed by atoms with Crippen molar-refractivity contribution >= 4 is 0 Å². The highest BCUT2D eigenvalue weighted by molar-refractivity contribution is 5.76. The molecule has 0 radical (unpaired) electrons. The van der Waals surface area contributed by atoms with Gasteiger partial charge in [0.1, 0.15) is 0 Å². The van der Waals surface area contributed by atoms with Crippen molar-refractivity contribution in [2.45, 2.75) is 25.7 Å². The molecule has 0 aromatic heterocycles. The lowest BCUT2D eigenvalue weighted by Crippen LogP contribution is -2.35. The van der Waals surface area contributed by atoms with Crippen LogP contribution in [0.15, 0.2) is 162 Å². The molecular formula is C33H32. The first kappa shape index (κ1) is 22.6. The highest BCUT2D eigenvalue weighted by Gasteiger charge is 2.49. The third-order valence-electron chi connectivity index (χ3n) is 6.64. The monoisotopic (exact) mass is 428 g/mol. The van der Waals surface area contributed by atoms with Crippen molar-refractivity contribution < 1.29 is 0 Å². The fourth-order valence-electron chi connectivity index (χ4n) is 5.23. The molecule has 0 fully saturated rings. The summed E-state index contributed by atoms with van der Waals surface area (Å²) in [7, 11) is 0. The Balaban J connectivity index is 2.15. The van der Waals surface area contributed by atoms with E-state index in [1.54, 1.807) is 0 Å². The first-order chi connectivity index (χ1) is 16.1. The molecule has 1 aromatic carbocycles. The lowest BCUT2D eigenvalue weighted by Gasteiger charge is -2.40. The summed E-state index contributed by atoms with van der Waals surface area (Å²) in [6, 6.07) is 10.9. The van der Waals surface area contributed by atoms with Gasteiger partial charge >= 0.3 is 0 Å². The summed E-state index contributed by atoms with van der Waals surface area (Å²) < 4.78 is 0. The highest BCUT2D eigenvalue weighted by Crippen LogP contribution is 2.57. The van der Waals surface area contributed by atoms with E-state index in [1.165, 1.54) is 27.9 Å². The van der Waals surface area contributed by atoms with E-state index < -0.39 is 5.41 Å². The lowest BCUT2D eigenvalue weighted by molar-refractivity contribution is 0.528. The van der Waals surface area contributed by atoms with Gasteiger partial charge in [0.2, 0.25) is 0 Å². The number of rotatable bonds is 4. The van der Waals surface area contributed by atoms with Crippen LogP contribution in [-0.4, -0.2) is 0 Å². The van der Waals surface area contributed by atoms with Gasteiger partial charge in [-0.15, -0.1) is 0 Å². The van der Waals surface area contributed by atoms with Crippen LogP contribution in [0.2, 0.25) is 0 Å². The Morgan fingerprint density at radius 3 is 2.36 bits per heavy atom. The summed E-state index contributed by atoms with van der Waals surface area (Å²) in [5, 5.41) is 0. The molecule has 0 bridgehead atoms. The fraction of sp³-hybridized carbons (Fsp3) is 0.152. The summed E-state index contributed by atoms with van der Waals surface area (Å²) in [6.07, 6.45) is 31.7. The predicted molar refractivity (Wildman–Crippen MR) is 144 cm³/mol. The first-order valence-electron chi connectivity index (χ1n) is 11.7. The van der Waals surface area contributed by atoms with Gasteiger partial charge in [0.25, 0.3) is 0 Å². The average molecular weight is 429 g/mol. The van der Waals surface area contributed by atoms with Gasteiger partial charge in [-0.2, -0.15) is 0 Å². The zero-order chi connectivity index (χ0) is 23.3. The van der Waals surface area contributed by atoms with E-state index in [0.29, 0.717) is 0 Å². The van der Waals surface area contributed by atoms with Crippen LogP contribution in [0.1, 0.15) is 25.8 Å². The van der Waals surface area contributed by atoms with Gasteiger partial charge in [-0.25, -0.2) is 0 Å². The maximum absolute atomic E-state index is 4.52. The summed E-state index contributed by atoms with van der Waals surface area (Å²) >= 11 is 0. The van der Waals surface area contributed by atoms with Crippen LogP contribution in [0.4, 0.5) is 0 Å². The van der Waals surface area contributed by atoms with E-state index in [1.807, 2.05) is 6.08 Å². The van der Waals surface area contributed by atoms with Gasteiger partial charge in [-0.1, -0.05) is 134 Å². The van der Waals surface area contributed by atoms with Crippen molar-refractivity contribution in [2.75, 3.05) is 0 Å². The molecular weight excluding hydrogens is 396 g/mol. The standard InChI is InChI=1S/C33H32/c1-5-16-30-29(6-2)32-26(4)24-23-25(3)17-14-15-22-31(32)33(30,28-20-12-9-13-21-28)27-18-10-7-8-11-19-27/h5-13,15-24,27H,2,4,14H2,1,3H3/b16-5-,22-15?,24-23-,25-17-. The minimum Gasteiger partial charge on any atom is -0.0984 e. The smallest absolute Gasteiger partial charge is 0.0560 e. The van der Waals surface area contributed by atoms with Crippen molar-refractivity contribution in [3.8, 4) is 0 Å². The molecule has 0 aliphatic heterocycles. The topological polar surface area (TPSA) is 0 Å². The molecule has 0 heteroatoms. The van der Waals surface area contributed by atoms with Crippen LogP contribution in [-0.2, 0) is 5.41 Å². The van der Waals surface area contributed by atoms with Gasteiger partial charge in [-0.05, 0) is 53.7 Å². The molecule has 3 aliphatic carbocycles. The van der Waals surface area contributed by atoms with E-state index in [-0.39, 0.29) is 5.92 Å². The number of allylic oxidation sites excluding steroid dienone is 20. The molecule has 3 aliphatic rings. The minimum atomic E-state index is -0.392. The van der Waals surface area contributed by atoms with Gasteiger partial charge in [0, 0.05) is 5.92 Å². The molecule has 33 heavy (non-hydrogen) atoms. The van der Waals surface area contributed by atoms with E-state index in [0.717, 1.165) is 17.6 Å². The largest absolute Gasteiger partial charge is 0.0984 e. The Kier molecular flexibility index (Phi) is 6.75. The second-order valence-corrected chi connectivity index (χ2v) is 8.62. The minimum absolute atomic E-state index is 0.130. The zero-order valence-electron chi connectivity index (χ0n) is 19.7. The molecule has 0 saturated carbocycles. The number of hydrogen-bond donors (Lipinski definition) is 0. The summed E-state index contributed by atoms with van der Waals surface area (Å²) in [5.41, 5.74) is 8.02. The molecule has 1 atom stereocenters. The van der Waals surface area contributed by atoms with Crippen LogP contribution in [0, 0.1) is 5.92 Å². The average Bonchev–Trinajstić information content (AvgIpc) is 2.97. The zero-order valence-corrected chi connectivity index (χ0v) is 19.7. The predicted octanol–water partition coefficient (Wildman–Crippen LogP) is 8.61. The quantitative estimate of drug-likeness (QED) is 0.450. The molecule has 0 spiro atoms. The molecule has 0 amide bonds. The number of hydrogen-bond acceptors (Lipinski definition) is 0. The molecule has 0 heterocycles. The second kappa shape index (κ2) is 9.88. The first-order valence-corrected chi connectivity index (χ1v) is 11.7. The Bertz CT molecular complexity index is 1200. The van der Waals surface area contributed by atoms with Crippen molar-refractivity contribution in [2.24, 2.45) is 5.92 Å². The molecule has 0 nitrogen and oxygen atoms in total. The third-order valence-corrected chi connectivity index (χ3v) is 6.64. The van der Waals surface area contributed by atoms with Gasteiger partial charge in [-0.3, -0.25) is 0 Å². The lowest BCUT2D eigenvalue weighted by atomic mass is 9.62. The van der Waals surface area contributed by atoms with Crippen LogP contribution in [0.3, 0.4) is 0 Å². The summed E-state index contributed by atoms with van der Waals surface area (Å²) in [5.74, 6) is 0.130. The van der Waals surface area contributed by atoms with Crippen molar-refractivity contribution in [1.29, 1.82) is 0 Å². The summed E-state index contributed by atoms with van der Waals surface area (Å²) in [6.45, 7) is 13.0. The molecule has 4 rings (SSSR count). The molecule has 1 unspecified atom stereocenters. The van der Waals surface area contributed by atoms with Crippen LogP contribution in [0.25, 0.3) is 0 Å². The van der Waals surface area contributed by atoms with Crippen molar-refractivity contribution in [3.63, 3.8) is 0 Å². The van der Waals surface area contributed by atoms with Crippen LogP contribution in [0.5, 0.6) is 0 Å². The van der Waals surface area contributed by atoms with E-state index in [2.05, 4.69) is 136 Å². The third kappa shape index (κ3) is 3.98. The summed E-state index contributed by atoms with van der Waals surface area (Å²) in [4.78, 5) is 0. The molecule has 0 N–H and O–H groups in total. The maximum atomic E-state index is 4.52.